The Bertz CT molecular complexity index is 617. The Morgan fingerprint density at radius 3 is 3.21 bits per heavy atom. The first-order chi connectivity index (χ1) is 6.86. The van der Waals surface area contributed by atoms with Gasteiger partial charge >= 0.3 is 0 Å². The number of hydrogen-bond donors (Lipinski definition) is 1. The zero-order valence-electron chi connectivity index (χ0n) is 6.99. The minimum absolute atomic E-state index is 0.0860. The number of pyridine rings is 2. The van der Waals surface area contributed by atoms with Crippen LogP contribution in [0, 0.1) is 0 Å². The van der Waals surface area contributed by atoms with E-state index >= 15 is 0 Å². The first kappa shape index (κ1) is 7.19. The lowest BCUT2D eigenvalue weighted by atomic mass is 10.3. The highest BCUT2D eigenvalue weighted by atomic mass is 16.3. The molecule has 0 bridgehead atoms. The minimum atomic E-state index is 0.0860. The molecule has 0 aliphatic heterocycles. The van der Waals surface area contributed by atoms with Gasteiger partial charge in [0.2, 0.25) is 0 Å². The SMILES string of the molecule is Oc1cc2nnnn2c2cccnc12. The van der Waals surface area contributed by atoms with Crippen molar-refractivity contribution in [2.24, 2.45) is 0 Å². The van der Waals surface area contributed by atoms with Gasteiger partial charge in [0.25, 0.3) is 0 Å². The summed E-state index contributed by atoms with van der Waals surface area (Å²) in [6.07, 6.45) is 1.61. The third-order valence-corrected chi connectivity index (χ3v) is 2.02. The molecule has 0 aromatic carbocycles. The van der Waals surface area contributed by atoms with Crippen molar-refractivity contribution in [3.05, 3.63) is 24.4 Å². The van der Waals surface area contributed by atoms with Crippen LogP contribution in [0.4, 0.5) is 0 Å². The molecule has 0 aliphatic carbocycles. The van der Waals surface area contributed by atoms with E-state index in [0.717, 1.165) is 0 Å². The summed E-state index contributed by atoms with van der Waals surface area (Å²) in [6.45, 7) is 0. The van der Waals surface area contributed by atoms with E-state index in [-0.39, 0.29) is 5.75 Å². The van der Waals surface area contributed by atoms with E-state index in [1.165, 1.54) is 10.6 Å². The summed E-state index contributed by atoms with van der Waals surface area (Å²) in [5.41, 5.74) is 1.68. The van der Waals surface area contributed by atoms with Gasteiger partial charge in [-0.15, -0.1) is 5.10 Å². The Balaban J connectivity index is 2.67. The second-order valence-electron chi connectivity index (χ2n) is 2.85. The Morgan fingerprint density at radius 2 is 2.29 bits per heavy atom. The van der Waals surface area contributed by atoms with Gasteiger partial charge in [-0.25, -0.2) is 0 Å². The Kier molecular flexibility index (Phi) is 1.22. The lowest BCUT2D eigenvalue weighted by Crippen LogP contribution is -1.92. The number of tetrazole rings is 1. The van der Waals surface area contributed by atoms with Crippen molar-refractivity contribution in [3.63, 3.8) is 0 Å². The van der Waals surface area contributed by atoms with E-state index < -0.39 is 0 Å². The van der Waals surface area contributed by atoms with Gasteiger partial charge in [0.05, 0.1) is 5.52 Å². The van der Waals surface area contributed by atoms with Crippen LogP contribution >= 0.6 is 0 Å². The van der Waals surface area contributed by atoms with E-state index in [1.54, 1.807) is 18.3 Å². The van der Waals surface area contributed by atoms with Crippen molar-refractivity contribution in [2.45, 2.75) is 0 Å². The number of aromatic nitrogens is 5. The fraction of sp³-hybridized carbons (Fsp3) is 0. The molecule has 6 nitrogen and oxygen atoms in total. The van der Waals surface area contributed by atoms with Gasteiger partial charge in [-0.2, -0.15) is 4.52 Å². The van der Waals surface area contributed by atoms with Crippen molar-refractivity contribution in [1.82, 2.24) is 25.0 Å². The lowest BCUT2D eigenvalue weighted by molar-refractivity contribution is 0.480. The third kappa shape index (κ3) is 0.792. The van der Waals surface area contributed by atoms with Gasteiger partial charge in [-0.05, 0) is 22.6 Å². The third-order valence-electron chi connectivity index (χ3n) is 2.02. The smallest absolute Gasteiger partial charge is 0.183 e. The molecule has 0 saturated heterocycles. The second kappa shape index (κ2) is 2.38. The van der Waals surface area contributed by atoms with Gasteiger partial charge in [0, 0.05) is 12.3 Å². The van der Waals surface area contributed by atoms with Crippen LogP contribution in [-0.4, -0.2) is 30.1 Å². The number of fused-ring (bicyclic) bond motifs is 3. The van der Waals surface area contributed by atoms with E-state index in [4.69, 9.17) is 0 Å². The molecule has 1 N–H and O–H groups in total. The topological polar surface area (TPSA) is 76.2 Å². The van der Waals surface area contributed by atoms with Gasteiger partial charge in [0.15, 0.2) is 5.65 Å². The van der Waals surface area contributed by atoms with E-state index in [9.17, 15) is 5.11 Å². The first-order valence-corrected chi connectivity index (χ1v) is 4.01. The van der Waals surface area contributed by atoms with Crippen molar-refractivity contribution in [1.29, 1.82) is 0 Å². The standard InChI is InChI=1S/C8H5N5O/c14-6-4-7-10-11-12-13(7)5-2-1-3-9-8(5)6/h1-4,14H. The zero-order chi connectivity index (χ0) is 9.54. The van der Waals surface area contributed by atoms with Gasteiger partial charge in [0.1, 0.15) is 11.3 Å². The monoisotopic (exact) mass is 187 g/mol. The van der Waals surface area contributed by atoms with Crippen LogP contribution in [0.3, 0.4) is 0 Å². The predicted octanol–water partition coefficient (Wildman–Crippen LogP) is 0.378. The van der Waals surface area contributed by atoms with E-state index in [0.29, 0.717) is 16.7 Å². The molecule has 68 valence electrons. The summed E-state index contributed by atoms with van der Waals surface area (Å²) >= 11 is 0. The van der Waals surface area contributed by atoms with Gasteiger partial charge < -0.3 is 5.11 Å². The van der Waals surface area contributed by atoms with Crippen LogP contribution in [0.15, 0.2) is 24.4 Å². The maximum atomic E-state index is 9.62. The van der Waals surface area contributed by atoms with E-state index in [2.05, 4.69) is 20.5 Å². The minimum Gasteiger partial charge on any atom is -0.505 e. The van der Waals surface area contributed by atoms with Crippen molar-refractivity contribution in [2.75, 3.05) is 0 Å². The summed E-state index contributed by atoms with van der Waals surface area (Å²) in [5, 5.41) is 20.7. The first-order valence-electron chi connectivity index (χ1n) is 4.01. The fourth-order valence-corrected chi connectivity index (χ4v) is 1.41. The van der Waals surface area contributed by atoms with Crippen molar-refractivity contribution >= 4 is 16.7 Å². The maximum Gasteiger partial charge on any atom is 0.183 e. The molecule has 3 aromatic heterocycles. The molecule has 0 amide bonds. The van der Waals surface area contributed by atoms with Crippen LogP contribution < -0.4 is 0 Å². The average molecular weight is 187 g/mol. The second-order valence-corrected chi connectivity index (χ2v) is 2.85. The quantitative estimate of drug-likeness (QED) is 0.550. The molecule has 0 saturated carbocycles. The van der Waals surface area contributed by atoms with E-state index in [1.807, 2.05) is 0 Å². The number of nitrogens with zero attached hydrogens (tertiary/aromatic N) is 5. The van der Waals surface area contributed by atoms with Crippen LogP contribution in [-0.2, 0) is 0 Å². The summed E-state index contributed by atoms with van der Waals surface area (Å²) < 4.78 is 1.53. The molecular formula is C8H5N5O. The summed E-state index contributed by atoms with van der Waals surface area (Å²) in [7, 11) is 0. The maximum absolute atomic E-state index is 9.62. The van der Waals surface area contributed by atoms with Crippen LogP contribution in [0.5, 0.6) is 5.75 Å². The molecule has 14 heavy (non-hydrogen) atoms. The predicted molar refractivity (Wildman–Crippen MR) is 47.7 cm³/mol. The summed E-state index contributed by atoms with van der Waals surface area (Å²) in [5.74, 6) is 0.0860. The fourth-order valence-electron chi connectivity index (χ4n) is 1.41. The molecule has 0 fully saturated rings. The highest BCUT2D eigenvalue weighted by Crippen LogP contribution is 2.22. The molecule has 0 unspecified atom stereocenters. The van der Waals surface area contributed by atoms with Crippen molar-refractivity contribution in [3.8, 4) is 5.75 Å². The van der Waals surface area contributed by atoms with Crippen LogP contribution in [0.1, 0.15) is 0 Å². The van der Waals surface area contributed by atoms with Gasteiger partial charge in [-0.1, -0.05) is 0 Å². The molecular weight excluding hydrogens is 182 g/mol. The Morgan fingerprint density at radius 1 is 1.36 bits per heavy atom. The Labute approximate surface area is 77.8 Å². The van der Waals surface area contributed by atoms with Gasteiger partial charge in [-0.3, -0.25) is 4.98 Å². The molecule has 0 atom stereocenters. The zero-order valence-corrected chi connectivity index (χ0v) is 6.99. The lowest BCUT2D eigenvalue weighted by Gasteiger charge is -1.99. The molecule has 6 heteroatoms. The number of aromatic hydroxyl groups is 1. The molecule has 3 aromatic rings. The normalized spacial score (nSPS) is 11.1. The molecule has 0 radical (unpaired) electrons. The van der Waals surface area contributed by atoms with Crippen LogP contribution in [0.25, 0.3) is 16.7 Å². The number of hydrogen-bond acceptors (Lipinski definition) is 5. The van der Waals surface area contributed by atoms with Crippen LogP contribution in [0.2, 0.25) is 0 Å². The Hall–Kier alpha value is -2.24. The molecule has 3 rings (SSSR count). The molecule has 0 spiro atoms. The highest BCUT2D eigenvalue weighted by molar-refractivity contribution is 5.83. The summed E-state index contributed by atoms with van der Waals surface area (Å²) in [4.78, 5) is 4.04. The molecule has 0 aliphatic rings. The highest BCUT2D eigenvalue weighted by Gasteiger charge is 2.07. The van der Waals surface area contributed by atoms with Crippen molar-refractivity contribution < 1.29 is 5.11 Å². The average Bonchev–Trinajstić information content (AvgIpc) is 2.66. The molecule has 3 heterocycles. The largest absolute Gasteiger partial charge is 0.505 e. The summed E-state index contributed by atoms with van der Waals surface area (Å²) in [6, 6.07) is 5.05. The number of rotatable bonds is 0.